The second-order valence-electron chi connectivity index (χ2n) is 8.55. The molecule has 0 spiro atoms. The Morgan fingerprint density at radius 2 is 1.45 bits per heavy atom. The van der Waals surface area contributed by atoms with Gasteiger partial charge in [0.2, 0.25) is 0 Å². The number of rotatable bonds is 4. The van der Waals surface area contributed by atoms with Crippen LogP contribution in [0, 0.1) is 6.92 Å². The first kappa shape index (κ1) is 21.1. The second kappa shape index (κ2) is 8.64. The van der Waals surface area contributed by atoms with Gasteiger partial charge in [-0.25, -0.2) is 4.90 Å². The lowest BCUT2D eigenvalue weighted by Gasteiger charge is -2.34. The molecule has 0 bridgehead atoms. The van der Waals surface area contributed by atoms with Crippen molar-refractivity contribution in [1.29, 1.82) is 0 Å². The van der Waals surface area contributed by atoms with Crippen LogP contribution in [0.15, 0.2) is 72.8 Å². The first-order chi connectivity index (χ1) is 16.0. The zero-order chi connectivity index (χ0) is 22.9. The third kappa shape index (κ3) is 3.94. The summed E-state index contributed by atoms with van der Waals surface area (Å²) in [5.41, 5.74) is 3.75. The molecular weight excluding hydrogens is 414 g/mol. The number of carbonyl (C=O) groups excluding carboxylic acids is 3. The van der Waals surface area contributed by atoms with Gasteiger partial charge in [-0.2, -0.15) is 0 Å². The first-order valence-corrected chi connectivity index (χ1v) is 11.2. The Morgan fingerprint density at radius 3 is 2.18 bits per heavy atom. The van der Waals surface area contributed by atoms with E-state index in [9.17, 15) is 14.4 Å². The lowest BCUT2D eigenvalue weighted by atomic mass is 10.0. The van der Waals surface area contributed by atoms with E-state index < -0.39 is 0 Å². The molecule has 3 amide bonds. The van der Waals surface area contributed by atoms with Crippen molar-refractivity contribution in [1.82, 2.24) is 9.80 Å². The quantitative estimate of drug-likeness (QED) is 0.581. The van der Waals surface area contributed by atoms with E-state index in [-0.39, 0.29) is 23.3 Å². The zero-order valence-corrected chi connectivity index (χ0v) is 18.5. The molecule has 33 heavy (non-hydrogen) atoms. The topological polar surface area (TPSA) is 60.9 Å². The van der Waals surface area contributed by atoms with Crippen LogP contribution in [0.1, 0.15) is 42.2 Å². The normalized spacial score (nSPS) is 16.3. The summed E-state index contributed by atoms with van der Waals surface area (Å²) in [5.74, 6) is -0.837. The van der Waals surface area contributed by atoms with Crippen LogP contribution in [0.25, 0.3) is 0 Å². The van der Waals surface area contributed by atoms with E-state index in [1.54, 1.807) is 30.3 Å². The third-order valence-electron chi connectivity index (χ3n) is 6.40. The van der Waals surface area contributed by atoms with Crippen molar-refractivity contribution in [2.75, 3.05) is 31.1 Å². The van der Waals surface area contributed by atoms with Crippen molar-refractivity contribution in [3.8, 4) is 0 Å². The van der Waals surface area contributed by atoms with Gasteiger partial charge in [0.1, 0.15) is 0 Å². The minimum absolute atomic E-state index is 0.105. The predicted molar refractivity (Wildman–Crippen MR) is 126 cm³/mol. The fourth-order valence-corrected chi connectivity index (χ4v) is 4.54. The summed E-state index contributed by atoms with van der Waals surface area (Å²) in [6, 6.07) is 22.4. The van der Waals surface area contributed by atoms with E-state index in [0.717, 1.165) is 25.2 Å². The Hall–Kier alpha value is -3.77. The number of hydrogen-bond acceptors (Lipinski definition) is 4. The van der Waals surface area contributed by atoms with Crippen molar-refractivity contribution < 1.29 is 14.4 Å². The number of amides is 3. The molecule has 0 radical (unpaired) electrons. The van der Waals surface area contributed by atoms with E-state index >= 15 is 0 Å². The Bertz CT molecular complexity index is 1230. The summed E-state index contributed by atoms with van der Waals surface area (Å²) in [7, 11) is 0. The van der Waals surface area contributed by atoms with Crippen LogP contribution < -0.4 is 4.90 Å². The van der Waals surface area contributed by atoms with Gasteiger partial charge in [0.15, 0.2) is 0 Å². The summed E-state index contributed by atoms with van der Waals surface area (Å²) in [5, 5.41) is 0. The highest BCUT2D eigenvalue weighted by Gasteiger charge is 2.38. The number of imide groups is 1. The number of anilines is 1. The van der Waals surface area contributed by atoms with E-state index in [4.69, 9.17) is 0 Å². The first-order valence-electron chi connectivity index (χ1n) is 11.2. The molecule has 3 aromatic carbocycles. The van der Waals surface area contributed by atoms with Gasteiger partial charge in [-0.05, 0) is 42.3 Å². The standard InChI is InChI=1S/C27H25N3O3/c1-19-7-5-6-10-24(19)30-26(32)22-12-11-21(17-23(22)27(30)33)25(31)29-15-13-28(14-16-29)18-20-8-3-2-4-9-20/h2-12,17H,13-16,18H2,1H3. The van der Waals surface area contributed by atoms with Crippen LogP contribution in [0.5, 0.6) is 0 Å². The molecule has 5 rings (SSSR count). The number of nitrogens with zero attached hydrogens (tertiary/aromatic N) is 3. The zero-order valence-electron chi connectivity index (χ0n) is 18.5. The van der Waals surface area contributed by atoms with Crippen LogP contribution in [0.2, 0.25) is 0 Å². The molecule has 2 aliphatic rings. The van der Waals surface area contributed by atoms with Crippen LogP contribution in [-0.4, -0.2) is 53.7 Å². The summed E-state index contributed by atoms with van der Waals surface area (Å²) < 4.78 is 0. The summed E-state index contributed by atoms with van der Waals surface area (Å²) in [6.45, 7) is 5.59. The smallest absolute Gasteiger partial charge is 0.266 e. The maximum absolute atomic E-state index is 13.2. The number of carbonyl (C=O) groups is 3. The maximum Gasteiger partial charge on any atom is 0.266 e. The van der Waals surface area contributed by atoms with Gasteiger partial charge in [-0.3, -0.25) is 19.3 Å². The molecule has 0 aliphatic carbocycles. The molecule has 2 heterocycles. The van der Waals surface area contributed by atoms with Crippen LogP contribution in [0.4, 0.5) is 5.69 Å². The van der Waals surface area contributed by atoms with Crippen LogP contribution in [-0.2, 0) is 6.54 Å². The Labute approximate surface area is 193 Å². The Morgan fingerprint density at radius 1 is 0.788 bits per heavy atom. The van der Waals surface area contributed by atoms with Crippen molar-refractivity contribution in [2.45, 2.75) is 13.5 Å². The molecule has 0 unspecified atom stereocenters. The SMILES string of the molecule is Cc1ccccc1N1C(=O)c2ccc(C(=O)N3CCN(Cc4ccccc4)CC3)cc2C1=O. The van der Waals surface area contributed by atoms with Gasteiger partial charge < -0.3 is 4.90 Å². The van der Waals surface area contributed by atoms with Crippen LogP contribution >= 0.6 is 0 Å². The fourth-order valence-electron chi connectivity index (χ4n) is 4.54. The van der Waals surface area contributed by atoms with Gasteiger partial charge in [0, 0.05) is 38.3 Å². The molecule has 0 atom stereocenters. The summed E-state index contributed by atoms with van der Waals surface area (Å²) in [4.78, 5) is 44.6. The number of benzene rings is 3. The number of fused-ring (bicyclic) bond motifs is 1. The molecule has 3 aromatic rings. The molecule has 0 N–H and O–H groups in total. The predicted octanol–water partition coefficient (Wildman–Crippen LogP) is 3.75. The lowest BCUT2D eigenvalue weighted by Crippen LogP contribution is -2.48. The van der Waals surface area contributed by atoms with Gasteiger partial charge in [-0.15, -0.1) is 0 Å². The monoisotopic (exact) mass is 439 g/mol. The molecule has 0 saturated carbocycles. The lowest BCUT2D eigenvalue weighted by molar-refractivity contribution is 0.0628. The minimum Gasteiger partial charge on any atom is -0.336 e. The molecule has 1 saturated heterocycles. The summed E-state index contributed by atoms with van der Waals surface area (Å²) >= 11 is 0. The molecular formula is C27H25N3O3. The average molecular weight is 440 g/mol. The van der Waals surface area contributed by atoms with E-state index in [1.165, 1.54) is 10.5 Å². The van der Waals surface area contributed by atoms with Gasteiger partial charge >= 0.3 is 0 Å². The number of hydrogen-bond donors (Lipinski definition) is 0. The molecule has 0 aromatic heterocycles. The van der Waals surface area contributed by atoms with Gasteiger partial charge in [-0.1, -0.05) is 48.5 Å². The number of para-hydroxylation sites is 1. The highest BCUT2D eigenvalue weighted by atomic mass is 16.2. The average Bonchev–Trinajstić information content (AvgIpc) is 3.09. The molecule has 6 heteroatoms. The third-order valence-corrected chi connectivity index (χ3v) is 6.40. The number of aryl methyl sites for hydroxylation is 1. The maximum atomic E-state index is 13.2. The Balaban J connectivity index is 1.30. The highest BCUT2D eigenvalue weighted by Crippen LogP contribution is 2.31. The van der Waals surface area contributed by atoms with E-state index in [2.05, 4.69) is 17.0 Å². The molecule has 166 valence electrons. The summed E-state index contributed by atoms with van der Waals surface area (Å²) in [6.07, 6.45) is 0. The second-order valence-corrected chi connectivity index (χ2v) is 8.55. The van der Waals surface area contributed by atoms with Crippen molar-refractivity contribution >= 4 is 23.4 Å². The number of piperazine rings is 1. The van der Waals surface area contributed by atoms with Gasteiger partial charge in [0.25, 0.3) is 17.7 Å². The Kier molecular flexibility index (Phi) is 5.52. The van der Waals surface area contributed by atoms with E-state index in [1.807, 2.05) is 42.2 Å². The molecule has 6 nitrogen and oxygen atoms in total. The fraction of sp³-hybridized carbons (Fsp3) is 0.222. The van der Waals surface area contributed by atoms with E-state index in [0.29, 0.717) is 29.9 Å². The molecule has 2 aliphatic heterocycles. The van der Waals surface area contributed by atoms with Crippen LogP contribution in [0.3, 0.4) is 0 Å². The van der Waals surface area contributed by atoms with Crippen molar-refractivity contribution in [2.24, 2.45) is 0 Å². The van der Waals surface area contributed by atoms with Gasteiger partial charge in [0.05, 0.1) is 16.8 Å². The van der Waals surface area contributed by atoms with Crippen molar-refractivity contribution in [3.63, 3.8) is 0 Å². The molecule has 1 fully saturated rings. The largest absolute Gasteiger partial charge is 0.336 e. The van der Waals surface area contributed by atoms with Crippen molar-refractivity contribution in [3.05, 3.63) is 101 Å². The minimum atomic E-state index is -0.383. The highest BCUT2D eigenvalue weighted by molar-refractivity contribution is 6.35.